The minimum Gasteiger partial charge on any atom is -0.393 e. The molecule has 3 atom stereocenters. The maximum absolute atomic E-state index is 13.9. The van der Waals surface area contributed by atoms with Crippen molar-refractivity contribution in [2.45, 2.75) is 32.0 Å². The molecule has 1 aromatic carbocycles. The quantitative estimate of drug-likeness (QED) is 0.685. The van der Waals surface area contributed by atoms with E-state index >= 15 is 0 Å². The van der Waals surface area contributed by atoms with Crippen LogP contribution in [0.5, 0.6) is 0 Å². The Kier molecular flexibility index (Phi) is 5.09. The number of nitrogens with zero attached hydrogens (tertiary/aromatic N) is 1. The molecule has 3 nitrogen and oxygen atoms in total. The summed E-state index contributed by atoms with van der Waals surface area (Å²) in [6.45, 7) is 2.61. The summed E-state index contributed by atoms with van der Waals surface area (Å²) in [5.74, 6) is -8.28. The molecule has 110 valence electrons. The van der Waals surface area contributed by atoms with Crippen LogP contribution >= 0.6 is 0 Å². The second-order valence-electron chi connectivity index (χ2n) is 4.36. The summed E-state index contributed by atoms with van der Waals surface area (Å²) in [7, 11) is 1.23. The van der Waals surface area contributed by atoms with Gasteiger partial charge in [0.15, 0.2) is 23.3 Å². The molecule has 0 spiro atoms. The number of benzene rings is 1. The first kappa shape index (κ1) is 16.4. The van der Waals surface area contributed by atoms with Gasteiger partial charge < -0.3 is 9.84 Å². The number of ether oxygens (including phenoxy) is 1. The van der Waals surface area contributed by atoms with Crippen molar-refractivity contribution in [3.05, 3.63) is 34.4 Å². The van der Waals surface area contributed by atoms with Crippen molar-refractivity contribution in [2.75, 3.05) is 7.11 Å². The molecule has 0 fully saturated rings. The third kappa shape index (κ3) is 2.62. The van der Waals surface area contributed by atoms with Crippen molar-refractivity contribution >= 4 is 0 Å². The van der Waals surface area contributed by atoms with Gasteiger partial charge in [-0.1, -0.05) is 0 Å². The zero-order valence-electron chi connectivity index (χ0n) is 11.0. The molecule has 0 saturated carbocycles. The first-order valence-corrected chi connectivity index (χ1v) is 5.74. The van der Waals surface area contributed by atoms with E-state index in [4.69, 9.17) is 10.00 Å². The third-order valence-electron chi connectivity index (χ3n) is 3.14. The van der Waals surface area contributed by atoms with Crippen LogP contribution in [0.1, 0.15) is 30.9 Å². The van der Waals surface area contributed by atoms with E-state index < -0.39 is 52.5 Å². The summed E-state index contributed by atoms with van der Waals surface area (Å²) in [6.07, 6.45) is -2.22. The van der Waals surface area contributed by atoms with E-state index in [9.17, 15) is 22.7 Å². The number of nitriles is 1. The van der Waals surface area contributed by atoms with Crippen LogP contribution in [0.25, 0.3) is 0 Å². The smallest absolute Gasteiger partial charge is 0.180 e. The molecule has 7 heteroatoms. The predicted octanol–water partition coefficient (Wildman–Crippen LogP) is 2.61. The lowest BCUT2D eigenvalue weighted by Gasteiger charge is -2.27. The van der Waals surface area contributed by atoms with Crippen molar-refractivity contribution in [1.29, 1.82) is 5.26 Å². The van der Waals surface area contributed by atoms with Gasteiger partial charge in [-0.25, -0.2) is 17.6 Å². The van der Waals surface area contributed by atoms with E-state index in [1.54, 1.807) is 0 Å². The summed E-state index contributed by atoms with van der Waals surface area (Å²) in [6, 6.07) is 1.06. The molecule has 0 aromatic heterocycles. The van der Waals surface area contributed by atoms with E-state index in [0.29, 0.717) is 0 Å². The van der Waals surface area contributed by atoms with Crippen LogP contribution in [0.15, 0.2) is 0 Å². The van der Waals surface area contributed by atoms with Crippen LogP contribution in [0.2, 0.25) is 0 Å². The third-order valence-corrected chi connectivity index (χ3v) is 3.14. The van der Waals surface area contributed by atoms with Gasteiger partial charge in [0.05, 0.1) is 12.2 Å². The molecule has 1 rings (SSSR count). The van der Waals surface area contributed by atoms with Crippen molar-refractivity contribution in [3.63, 3.8) is 0 Å². The van der Waals surface area contributed by atoms with Gasteiger partial charge >= 0.3 is 0 Å². The van der Waals surface area contributed by atoms with Crippen LogP contribution in [-0.4, -0.2) is 24.4 Å². The summed E-state index contributed by atoms with van der Waals surface area (Å²) >= 11 is 0. The predicted molar refractivity (Wildman–Crippen MR) is 61.9 cm³/mol. The molecule has 0 radical (unpaired) electrons. The van der Waals surface area contributed by atoms with E-state index in [-0.39, 0.29) is 0 Å². The summed E-state index contributed by atoms with van der Waals surface area (Å²) in [4.78, 5) is 0. The van der Waals surface area contributed by atoms with Gasteiger partial charge in [-0.15, -0.1) is 0 Å². The SMILES string of the molecule is COC(C)C(c1c(F)c(F)c(C#N)c(F)c1F)C(C)O. The van der Waals surface area contributed by atoms with Gasteiger partial charge in [0.25, 0.3) is 0 Å². The van der Waals surface area contributed by atoms with Gasteiger partial charge in [0, 0.05) is 18.6 Å². The summed E-state index contributed by atoms with van der Waals surface area (Å²) < 4.78 is 59.8. The Hall–Kier alpha value is -1.65. The minimum absolute atomic E-state index is 0.897. The Labute approximate surface area is 113 Å². The van der Waals surface area contributed by atoms with Crippen LogP contribution in [0.3, 0.4) is 0 Å². The maximum Gasteiger partial charge on any atom is 0.180 e. The largest absolute Gasteiger partial charge is 0.393 e. The van der Waals surface area contributed by atoms with E-state index in [1.165, 1.54) is 21.0 Å². The number of halogens is 4. The molecule has 0 bridgehead atoms. The molecule has 1 aromatic rings. The Morgan fingerprint density at radius 3 is 1.80 bits per heavy atom. The number of rotatable bonds is 4. The fraction of sp³-hybridized carbons (Fsp3) is 0.462. The van der Waals surface area contributed by atoms with Crippen molar-refractivity contribution in [3.8, 4) is 6.07 Å². The van der Waals surface area contributed by atoms with E-state index in [1.807, 2.05) is 0 Å². The number of hydrogen-bond acceptors (Lipinski definition) is 3. The van der Waals surface area contributed by atoms with Crippen LogP contribution in [-0.2, 0) is 4.74 Å². The highest BCUT2D eigenvalue weighted by molar-refractivity contribution is 5.39. The Bertz CT molecular complexity index is 525. The Morgan fingerprint density at radius 1 is 1.05 bits per heavy atom. The van der Waals surface area contributed by atoms with E-state index in [0.717, 1.165) is 6.07 Å². The lowest BCUT2D eigenvalue weighted by atomic mass is 9.87. The molecule has 0 heterocycles. The molecule has 3 unspecified atom stereocenters. The van der Waals surface area contributed by atoms with Crippen molar-refractivity contribution in [2.24, 2.45) is 0 Å². The average Bonchev–Trinajstić information content (AvgIpc) is 2.40. The van der Waals surface area contributed by atoms with Gasteiger partial charge in [-0.3, -0.25) is 0 Å². The molecule has 0 aliphatic heterocycles. The highest BCUT2D eigenvalue weighted by Gasteiger charge is 2.35. The van der Waals surface area contributed by atoms with Crippen molar-refractivity contribution in [1.82, 2.24) is 0 Å². The van der Waals surface area contributed by atoms with Crippen LogP contribution in [0.4, 0.5) is 17.6 Å². The molecule has 0 aliphatic carbocycles. The monoisotopic (exact) mass is 291 g/mol. The zero-order chi connectivity index (χ0) is 15.6. The fourth-order valence-electron chi connectivity index (χ4n) is 2.05. The zero-order valence-corrected chi connectivity index (χ0v) is 11.0. The fourth-order valence-corrected chi connectivity index (χ4v) is 2.05. The van der Waals surface area contributed by atoms with Crippen LogP contribution < -0.4 is 0 Å². The number of hydrogen-bond donors (Lipinski definition) is 1. The first-order valence-electron chi connectivity index (χ1n) is 5.74. The van der Waals surface area contributed by atoms with Gasteiger partial charge in [0.2, 0.25) is 0 Å². The lowest BCUT2D eigenvalue weighted by molar-refractivity contribution is 0.0359. The molecular formula is C13H13F4NO2. The molecular weight excluding hydrogens is 278 g/mol. The summed E-state index contributed by atoms with van der Waals surface area (Å²) in [5, 5.41) is 18.1. The van der Waals surface area contributed by atoms with E-state index in [2.05, 4.69) is 0 Å². The Morgan fingerprint density at radius 2 is 1.50 bits per heavy atom. The van der Waals surface area contributed by atoms with Gasteiger partial charge in [0.1, 0.15) is 11.6 Å². The van der Waals surface area contributed by atoms with Crippen LogP contribution in [0, 0.1) is 34.6 Å². The molecule has 0 amide bonds. The van der Waals surface area contributed by atoms with Gasteiger partial charge in [-0.05, 0) is 13.8 Å². The summed E-state index contributed by atoms with van der Waals surface area (Å²) in [5.41, 5.74) is -2.30. The first-order chi connectivity index (χ1) is 9.27. The number of methoxy groups -OCH3 is 1. The standard InChI is InChI=1S/C13H13F4NO2/c1-5(19)8(6(2)20-3)9-12(16)10(14)7(4-18)11(15)13(9)17/h5-6,8,19H,1-3H3. The Balaban J connectivity index is 3.64. The molecule has 0 saturated heterocycles. The molecule has 1 N–H and O–H groups in total. The minimum atomic E-state index is -1.78. The number of aliphatic hydroxyl groups is 1. The highest BCUT2D eigenvalue weighted by atomic mass is 19.2. The number of aliphatic hydroxyl groups excluding tert-OH is 1. The maximum atomic E-state index is 13.9. The second kappa shape index (κ2) is 6.20. The normalized spacial score (nSPS) is 15.6. The highest BCUT2D eigenvalue weighted by Crippen LogP contribution is 2.34. The molecule has 0 aliphatic rings. The lowest BCUT2D eigenvalue weighted by Crippen LogP contribution is -2.30. The topological polar surface area (TPSA) is 53.2 Å². The van der Waals surface area contributed by atoms with Crippen molar-refractivity contribution < 1.29 is 27.4 Å². The van der Waals surface area contributed by atoms with Gasteiger partial charge in [-0.2, -0.15) is 5.26 Å². The second-order valence-corrected chi connectivity index (χ2v) is 4.36. The molecule has 20 heavy (non-hydrogen) atoms. The average molecular weight is 291 g/mol.